The fourth-order valence-electron chi connectivity index (χ4n) is 3.37. The van der Waals surface area contributed by atoms with Crippen molar-refractivity contribution in [3.05, 3.63) is 48.0 Å². The third-order valence-corrected chi connectivity index (χ3v) is 4.77. The van der Waals surface area contributed by atoms with Crippen molar-refractivity contribution in [2.75, 3.05) is 4.90 Å². The Labute approximate surface area is 144 Å². The van der Waals surface area contributed by atoms with Crippen LogP contribution in [0, 0.1) is 5.82 Å². The number of nitrogens with zero attached hydrogens (tertiary/aromatic N) is 4. The molecule has 7 heteroatoms. The number of carbonyl (C=O) groups excluding carboxylic acids is 2. The van der Waals surface area contributed by atoms with Crippen LogP contribution in [-0.2, 0) is 23.2 Å². The normalized spacial score (nSPS) is 20.8. The second-order valence-electron chi connectivity index (χ2n) is 6.69. The van der Waals surface area contributed by atoms with Gasteiger partial charge in [-0.05, 0) is 30.5 Å². The van der Waals surface area contributed by atoms with Gasteiger partial charge in [0.2, 0.25) is 5.91 Å². The number of anilines is 1. The highest BCUT2D eigenvalue weighted by Gasteiger charge is 2.47. The van der Waals surface area contributed by atoms with Gasteiger partial charge in [0, 0.05) is 25.8 Å². The number of amides is 2. The first-order chi connectivity index (χ1) is 12.0. The molecule has 1 saturated heterocycles. The highest BCUT2D eigenvalue weighted by molar-refractivity contribution is 6.22. The van der Waals surface area contributed by atoms with Crippen molar-refractivity contribution in [1.82, 2.24) is 14.7 Å². The first-order valence-corrected chi connectivity index (χ1v) is 8.38. The molecule has 6 nitrogen and oxygen atoms in total. The summed E-state index contributed by atoms with van der Waals surface area (Å²) in [7, 11) is 1.75. The molecule has 4 rings (SSSR count). The molecule has 0 unspecified atom stereocenters. The predicted molar refractivity (Wildman–Crippen MR) is 89.1 cm³/mol. The molecule has 2 amide bonds. The lowest BCUT2D eigenvalue weighted by Gasteiger charge is -2.27. The van der Waals surface area contributed by atoms with Crippen LogP contribution in [0.4, 0.5) is 10.1 Å². The van der Waals surface area contributed by atoms with Crippen LogP contribution in [0.25, 0.3) is 0 Å². The van der Waals surface area contributed by atoms with Crippen molar-refractivity contribution in [3.63, 3.8) is 0 Å². The minimum atomic E-state index is -0.467. The van der Waals surface area contributed by atoms with Crippen LogP contribution in [0.15, 0.2) is 36.7 Å². The number of hydrogen-bond donors (Lipinski definition) is 0. The number of hydrogen-bond acceptors (Lipinski definition) is 4. The van der Waals surface area contributed by atoms with Gasteiger partial charge in [0.15, 0.2) is 0 Å². The molecule has 0 spiro atoms. The molecular weight excluding hydrogens is 323 g/mol. The Balaban J connectivity index is 1.57. The fraction of sp³-hybridized carbons (Fsp3) is 0.389. The second-order valence-corrected chi connectivity index (χ2v) is 6.69. The number of benzene rings is 1. The highest BCUT2D eigenvalue weighted by atomic mass is 19.1. The zero-order chi connectivity index (χ0) is 17.6. The number of aromatic nitrogens is 2. The summed E-state index contributed by atoms with van der Waals surface area (Å²) >= 11 is 0. The largest absolute Gasteiger partial charge is 0.284 e. The van der Waals surface area contributed by atoms with Crippen molar-refractivity contribution in [2.45, 2.75) is 37.9 Å². The van der Waals surface area contributed by atoms with E-state index in [1.807, 2.05) is 0 Å². The molecule has 0 N–H and O–H groups in total. The van der Waals surface area contributed by atoms with Crippen LogP contribution in [0.5, 0.6) is 0 Å². The Morgan fingerprint density at radius 2 is 1.96 bits per heavy atom. The number of rotatable bonds is 5. The molecule has 1 aromatic carbocycles. The van der Waals surface area contributed by atoms with Crippen LogP contribution in [0.2, 0.25) is 0 Å². The highest BCUT2D eigenvalue weighted by Crippen LogP contribution is 2.35. The van der Waals surface area contributed by atoms with Crippen LogP contribution in [-0.4, -0.2) is 38.6 Å². The molecule has 1 atom stereocenters. The first-order valence-electron chi connectivity index (χ1n) is 8.38. The minimum absolute atomic E-state index is 0.172. The first kappa shape index (κ1) is 16.0. The maximum absolute atomic E-state index is 13.1. The average Bonchev–Trinajstić information content (AvgIpc) is 3.27. The van der Waals surface area contributed by atoms with Crippen LogP contribution in [0.3, 0.4) is 0 Å². The average molecular weight is 342 g/mol. The van der Waals surface area contributed by atoms with E-state index in [1.165, 1.54) is 23.2 Å². The van der Waals surface area contributed by atoms with E-state index in [2.05, 4.69) is 10.00 Å². The van der Waals surface area contributed by atoms with Crippen molar-refractivity contribution < 1.29 is 14.0 Å². The summed E-state index contributed by atoms with van der Waals surface area (Å²) in [6, 6.07) is 6.13. The third-order valence-electron chi connectivity index (χ3n) is 4.77. The van der Waals surface area contributed by atoms with Gasteiger partial charge in [-0.25, -0.2) is 9.29 Å². The number of carbonyl (C=O) groups is 2. The van der Waals surface area contributed by atoms with Gasteiger partial charge in [0.1, 0.15) is 5.82 Å². The molecule has 1 saturated carbocycles. The third kappa shape index (κ3) is 3.07. The lowest BCUT2D eigenvalue weighted by molar-refractivity contribution is -0.123. The molecule has 0 radical (unpaired) electrons. The van der Waals surface area contributed by atoms with Gasteiger partial charge < -0.3 is 0 Å². The zero-order valence-corrected chi connectivity index (χ0v) is 13.9. The van der Waals surface area contributed by atoms with Crippen molar-refractivity contribution in [3.8, 4) is 0 Å². The smallest absolute Gasteiger partial charge is 0.251 e. The van der Waals surface area contributed by atoms with Crippen molar-refractivity contribution in [2.24, 2.45) is 7.05 Å². The molecule has 1 aliphatic heterocycles. The van der Waals surface area contributed by atoms with E-state index in [9.17, 15) is 14.0 Å². The lowest BCUT2D eigenvalue weighted by Crippen LogP contribution is -2.43. The summed E-state index contributed by atoms with van der Waals surface area (Å²) in [6.45, 7) is 0.537. The summed E-state index contributed by atoms with van der Waals surface area (Å²) in [5.41, 5.74) is 1.45. The van der Waals surface area contributed by atoms with E-state index in [-0.39, 0.29) is 24.1 Å². The van der Waals surface area contributed by atoms with Gasteiger partial charge in [-0.15, -0.1) is 0 Å². The Morgan fingerprint density at radius 3 is 2.56 bits per heavy atom. The minimum Gasteiger partial charge on any atom is -0.284 e. The standard InChI is InChI=1S/C18H19FN4O2/c1-21-11-15(9-20-21)23-17(24)8-16(18(23)25)22(14-6-7-14)10-12-2-4-13(19)5-3-12/h2-5,9,11,14,16H,6-8,10H2,1H3/t16-/m0/s1. The quantitative estimate of drug-likeness (QED) is 0.778. The topological polar surface area (TPSA) is 58.4 Å². The molecule has 2 heterocycles. The molecule has 130 valence electrons. The second kappa shape index (κ2) is 6.07. The van der Waals surface area contributed by atoms with E-state index >= 15 is 0 Å². The van der Waals surface area contributed by atoms with E-state index < -0.39 is 6.04 Å². The number of halogens is 1. The van der Waals surface area contributed by atoms with E-state index in [0.717, 1.165) is 18.4 Å². The Hall–Kier alpha value is -2.54. The predicted octanol–water partition coefficient (Wildman–Crippen LogP) is 1.86. The van der Waals surface area contributed by atoms with Crippen LogP contribution >= 0.6 is 0 Å². The summed E-state index contributed by atoms with van der Waals surface area (Å²) < 4.78 is 14.7. The van der Waals surface area contributed by atoms with Crippen LogP contribution in [0.1, 0.15) is 24.8 Å². The molecule has 1 aromatic heterocycles. The SMILES string of the molecule is Cn1cc(N2C(=O)C[C@H](N(Cc3ccc(F)cc3)C3CC3)C2=O)cn1. The number of aryl methyl sites for hydroxylation is 1. The molecule has 2 fully saturated rings. The lowest BCUT2D eigenvalue weighted by atomic mass is 10.1. The van der Waals surface area contributed by atoms with Crippen LogP contribution < -0.4 is 4.90 Å². The monoisotopic (exact) mass is 342 g/mol. The molecule has 25 heavy (non-hydrogen) atoms. The molecular formula is C18H19FN4O2. The van der Waals surface area contributed by atoms with E-state index in [0.29, 0.717) is 18.3 Å². The summed E-state index contributed by atoms with van der Waals surface area (Å²) in [5.74, 6) is -0.684. The molecule has 2 aliphatic rings. The maximum atomic E-state index is 13.1. The zero-order valence-electron chi connectivity index (χ0n) is 13.9. The van der Waals surface area contributed by atoms with Crippen molar-refractivity contribution in [1.29, 1.82) is 0 Å². The van der Waals surface area contributed by atoms with E-state index in [4.69, 9.17) is 0 Å². The van der Waals surface area contributed by atoms with Gasteiger partial charge in [0.05, 0.1) is 24.3 Å². The molecule has 1 aliphatic carbocycles. The summed E-state index contributed by atoms with van der Waals surface area (Å²) in [6.07, 6.45) is 5.41. The van der Waals surface area contributed by atoms with Gasteiger partial charge in [-0.3, -0.25) is 19.2 Å². The fourth-order valence-corrected chi connectivity index (χ4v) is 3.37. The maximum Gasteiger partial charge on any atom is 0.251 e. The Morgan fingerprint density at radius 1 is 1.24 bits per heavy atom. The van der Waals surface area contributed by atoms with Gasteiger partial charge in [-0.2, -0.15) is 5.10 Å². The van der Waals surface area contributed by atoms with Crippen molar-refractivity contribution >= 4 is 17.5 Å². The number of imide groups is 1. The van der Waals surface area contributed by atoms with Gasteiger partial charge in [0.25, 0.3) is 5.91 Å². The summed E-state index contributed by atoms with van der Waals surface area (Å²) in [5, 5.41) is 4.04. The summed E-state index contributed by atoms with van der Waals surface area (Å²) in [4.78, 5) is 28.7. The molecule has 2 aromatic rings. The molecule has 0 bridgehead atoms. The van der Waals surface area contributed by atoms with E-state index in [1.54, 1.807) is 30.1 Å². The van der Waals surface area contributed by atoms with Gasteiger partial charge in [-0.1, -0.05) is 12.1 Å². The Kier molecular flexibility index (Phi) is 3.88. The van der Waals surface area contributed by atoms with Gasteiger partial charge >= 0.3 is 0 Å². The Bertz CT molecular complexity index is 813.